The van der Waals surface area contributed by atoms with E-state index in [1.807, 2.05) is 6.26 Å². The van der Waals surface area contributed by atoms with Crippen LogP contribution in [0.5, 0.6) is 0 Å². The smallest absolute Gasteiger partial charge is 0.276 e. The Hall–Kier alpha value is -1.85. The molecule has 0 aliphatic carbocycles. The van der Waals surface area contributed by atoms with E-state index in [4.69, 9.17) is 16.4 Å². The van der Waals surface area contributed by atoms with Gasteiger partial charge in [0.1, 0.15) is 24.7 Å². The number of thioether (sulfide) groups is 1. The maximum atomic E-state index is 12.5. The van der Waals surface area contributed by atoms with Crippen LogP contribution in [-0.2, 0) is 19.2 Å². The number of thiazole rings is 1. The number of nitrogens with zero attached hydrogens (tertiary/aromatic N) is 2. The van der Waals surface area contributed by atoms with E-state index < -0.39 is 17.9 Å². The predicted molar refractivity (Wildman–Crippen MR) is 97.3 cm³/mol. The van der Waals surface area contributed by atoms with Crippen molar-refractivity contribution in [2.45, 2.75) is 12.1 Å². The maximum absolute atomic E-state index is 12.5. The molecule has 2 heterocycles. The molecule has 1 fully saturated rings. The number of halogens is 1. The molecular weight excluding hydrogens is 390 g/mol. The second-order valence-electron chi connectivity index (χ2n) is 4.86. The van der Waals surface area contributed by atoms with E-state index >= 15 is 0 Å². The van der Waals surface area contributed by atoms with Crippen molar-refractivity contribution in [1.82, 2.24) is 15.6 Å². The fourth-order valence-electron chi connectivity index (χ4n) is 2.02. The molecule has 1 aliphatic rings. The fourth-order valence-corrected chi connectivity index (χ4v) is 3.44. The summed E-state index contributed by atoms with van der Waals surface area (Å²) in [6.45, 7) is 0. The number of carbonyl (C=O) groups is 3. The van der Waals surface area contributed by atoms with Crippen molar-refractivity contribution in [1.29, 1.82) is 0 Å². The maximum Gasteiger partial charge on any atom is 0.276 e. The Morgan fingerprint density at radius 3 is 2.92 bits per heavy atom. The van der Waals surface area contributed by atoms with Crippen LogP contribution in [0.4, 0.5) is 5.13 Å². The predicted octanol–water partition coefficient (Wildman–Crippen LogP) is 0.0171. The molecule has 3 amide bonds. The van der Waals surface area contributed by atoms with E-state index in [0.717, 1.165) is 11.3 Å². The zero-order valence-corrected chi connectivity index (χ0v) is 15.8. The molecule has 0 bridgehead atoms. The van der Waals surface area contributed by atoms with Crippen LogP contribution in [0, 0.1) is 0 Å². The van der Waals surface area contributed by atoms with Crippen molar-refractivity contribution in [2.24, 2.45) is 5.16 Å². The molecule has 1 aromatic heterocycles. The van der Waals surface area contributed by atoms with Gasteiger partial charge in [0.25, 0.3) is 5.91 Å². The molecule has 3 N–H and O–H groups in total. The van der Waals surface area contributed by atoms with Crippen molar-refractivity contribution in [3.63, 3.8) is 0 Å². The SMILES string of the molecule is CO/N=C(\C(=O)N[C@H]1C(=O)N[C@H]1CSC)c1csc(NC(=O)CCl)n1. The Labute approximate surface area is 156 Å². The van der Waals surface area contributed by atoms with Crippen molar-refractivity contribution in [2.75, 3.05) is 30.3 Å². The lowest BCUT2D eigenvalue weighted by atomic mass is 10.0. The molecule has 0 radical (unpaired) electrons. The number of carbonyl (C=O) groups excluding carboxylic acids is 3. The van der Waals surface area contributed by atoms with Gasteiger partial charge in [-0.1, -0.05) is 5.16 Å². The highest BCUT2D eigenvalue weighted by Crippen LogP contribution is 2.17. The van der Waals surface area contributed by atoms with E-state index in [1.165, 1.54) is 7.11 Å². The molecule has 0 unspecified atom stereocenters. The molecule has 0 spiro atoms. The molecule has 1 aliphatic heterocycles. The summed E-state index contributed by atoms with van der Waals surface area (Å²) in [6, 6.07) is -0.764. The van der Waals surface area contributed by atoms with Crippen LogP contribution in [0.25, 0.3) is 0 Å². The van der Waals surface area contributed by atoms with Crippen molar-refractivity contribution in [3.8, 4) is 0 Å². The number of β-lactam (4-membered cyclic amide) rings is 1. The third-order valence-corrected chi connectivity index (χ3v) is 4.85. The number of nitrogens with one attached hydrogen (secondary N) is 3. The largest absolute Gasteiger partial charge is 0.398 e. The molecule has 0 aromatic carbocycles. The summed E-state index contributed by atoms with van der Waals surface area (Å²) in [4.78, 5) is 44.2. The Balaban J connectivity index is 2.10. The number of anilines is 1. The van der Waals surface area contributed by atoms with Gasteiger partial charge in [-0.3, -0.25) is 14.4 Å². The highest BCUT2D eigenvalue weighted by atomic mass is 35.5. The number of rotatable bonds is 8. The molecule has 2 atom stereocenters. The first-order chi connectivity index (χ1) is 12.0. The van der Waals surface area contributed by atoms with Crippen LogP contribution < -0.4 is 16.0 Å². The van der Waals surface area contributed by atoms with Crippen LogP contribution >= 0.6 is 34.7 Å². The second kappa shape index (κ2) is 9.02. The molecule has 25 heavy (non-hydrogen) atoms. The molecule has 0 saturated carbocycles. The molecule has 9 nitrogen and oxygen atoms in total. The minimum Gasteiger partial charge on any atom is -0.398 e. The number of alkyl halides is 1. The summed E-state index contributed by atoms with van der Waals surface area (Å²) in [6.07, 6.45) is 1.91. The lowest BCUT2D eigenvalue weighted by Crippen LogP contribution is -2.70. The van der Waals surface area contributed by atoms with Gasteiger partial charge in [-0.2, -0.15) is 11.8 Å². The minimum absolute atomic E-state index is 0.0901. The first-order valence-corrected chi connectivity index (χ1v) is 9.84. The normalized spacial score (nSPS) is 19.6. The van der Waals surface area contributed by atoms with Crippen LogP contribution in [-0.4, -0.2) is 65.5 Å². The lowest BCUT2D eigenvalue weighted by molar-refractivity contribution is -0.134. The highest BCUT2D eigenvalue weighted by molar-refractivity contribution is 7.98. The van der Waals surface area contributed by atoms with Gasteiger partial charge in [-0.25, -0.2) is 4.98 Å². The number of amides is 3. The zero-order chi connectivity index (χ0) is 18.4. The number of oxime groups is 1. The number of hydrogen-bond donors (Lipinski definition) is 3. The van der Waals surface area contributed by atoms with Crippen LogP contribution in [0.3, 0.4) is 0 Å². The topological polar surface area (TPSA) is 122 Å². The molecule has 2 rings (SSSR count). The van der Waals surface area contributed by atoms with Crippen LogP contribution in [0.1, 0.15) is 5.69 Å². The third-order valence-electron chi connectivity index (χ3n) is 3.16. The summed E-state index contributed by atoms with van der Waals surface area (Å²) in [7, 11) is 1.29. The Kier molecular flexibility index (Phi) is 7.02. The first kappa shape index (κ1) is 19.5. The van der Waals surface area contributed by atoms with Crippen LogP contribution in [0.2, 0.25) is 0 Å². The molecule has 1 saturated heterocycles. The number of aromatic nitrogens is 1. The average molecular weight is 406 g/mol. The molecule has 136 valence electrons. The fraction of sp³-hybridized carbons (Fsp3) is 0.462. The second-order valence-corrected chi connectivity index (χ2v) is 6.90. The van der Waals surface area contributed by atoms with Crippen molar-refractivity contribution in [3.05, 3.63) is 11.1 Å². The molecule has 12 heteroatoms. The monoisotopic (exact) mass is 405 g/mol. The standard InChI is InChI=1S/C13H16ClN5O4S2/c1-23-19-10(7-5-25-13(16-7)17-8(20)3-14)12(22)18-9-6(4-24-2)15-11(9)21/h5-6,9H,3-4H2,1-2H3,(H,15,21)(H,18,22)(H,16,17,20)/b19-10-/t6-,9+/m0/s1. The van der Waals surface area contributed by atoms with E-state index in [0.29, 0.717) is 5.75 Å². The van der Waals surface area contributed by atoms with Crippen molar-refractivity contribution >= 4 is 63.3 Å². The van der Waals surface area contributed by atoms with E-state index in [2.05, 4.69) is 26.1 Å². The van der Waals surface area contributed by atoms with E-state index in [9.17, 15) is 14.4 Å². The molecule has 1 aromatic rings. The van der Waals surface area contributed by atoms with Gasteiger partial charge in [0.05, 0.1) is 6.04 Å². The summed E-state index contributed by atoms with van der Waals surface area (Å²) >= 11 is 8.10. The van der Waals surface area contributed by atoms with Crippen LogP contribution in [0.15, 0.2) is 10.5 Å². The lowest BCUT2D eigenvalue weighted by Gasteiger charge is -2.36. The van der Waals surface area contributed by atoms with E-state index in [-0.39, 0.29) is 34.4 Å². The Morgan fingerprint density at radius 1 is 1.56 bits per heavy atom. The van der Waals surface area contributed by atoms with Gasteiger partial charge in [-0.05, 0) is 6.26 Å². The van der Waals surface area contributed by atoms with Gasteiger partial charge in [0, 0.05) is 11.1 Å². The third kappa shape index (κ3) is 4.83. The average Bonchev–Trinajstić information content (AvgIpc) is 3.05. The van der Waals surface area contributed by atoms with Crippen molar-refractivity contribution < 1.29 is 19.2 Å². The van der Waals surface area contributed by atoms with Gasteiger partial charge in [0.15, 0.2) is 10.8 Å². The quantitative estimate of drug-likeness (QED) is 0.242. The van der Waals surface area contributed by atoms with Gasteiger partial charge < -0.3 is 20.8 Å². The highest BCUT2D eigenvalue weighted by Gasteiger charge is 2.40. The van der Waals surface area contributed by atoms with Gasteiger partial charge in [-0.15, -0.1) is 22.9 Å². The summed E-state index contributed by atoms with van der Waals surface area (Å²) in [5.41, 5.74) is 0.128. The Morgan fingerprint density at radius 2 is 2.32 bits per heavy atom. The molecular formula is C13H16ClN5O4S2. The first-order valence-electron chi connectivity index (χ1n) is 7.03. The van der Waals surface area contributed by atoms with Gasteiger partial charge >= 0.3 is 0 Å². The summed E-state index contributed by atoms with van der Waals surface area (Å²) in [5.74, 6) is -0.782. The van der Waals surface area contributed by atoms with Gasteiger partial charge in [0.2, 0.25) is 11.8 Å². The Bertz CT molecular complexity index is 696. The summed E-state index contributed by atoms with van der Waals surface area (Å²) in [5, 5.41) is 13.3. The number of hydrogen-bond acceptors (Lipinski definition) is 8. The minimum atomic E-state index is -0.629. The zero-order valence-electron chi connectivity index (χ0n) is 13.4. The summed E-state index contributed by atoms with van der Waals surface area (Å²) < 4.78 is 0. The van der Waals surface area contributed by atoms with E-state index in [1.54, 1.807) is 17.1 Å².